The van der Waals surface area contributed by atoms with E-state index in [4.69, 9.17) is 10.8 Å². The first-order valence-corrected chi connectivity index (χ1v) is 2.30. The molecule has 0 aliphatic carbocycles. The Hall–Kier alpha value is -0.260. The van der Waals surface area contributed by atoms with E-state index in [0.29, 0.717) is 0 Å². The molecule has 0 aromatic heterocycles. The molecular formula is C3H7NO3S. The Kier molecular flexibility index (Phi) is 3.59. The highest BCUT2D eigenvalue weighted by Crippen LogP contribution is 1.85. The summed E-state index contributed by atoms with van der Waals surface area (Å²) in [6.45, 7) is -0.417. The number of carbonyl (C=O) groups excluding carboxylic acids is 1. The van der Waals surface area contributed by atoms with Crippen molar-refractivity contribution in [2.75, 3.05) is 6.61 Å². The van der Waals surface area contributed by atoms with Crippen LogP contribution in [0.15, 0.2) is 0 Å². The van der Waals surface area contributed by atoms with Crippen molar-refractivity contribution in [2.24, 2.45) is 5.73 Å². The molecule has 0 aromatic rings. The molecule has 0 amide bonds. The maximum atomic E-state index is 10.2. The third-order valence-electron chi connectivity index (χ3n) is 0.589. The Labute approximate surface area is 52.2 Å². The number of rotatable bonds is 2. The lowest BCUT2D eigenvalue weighted by molar-refractivity contribution is -0.135. The normalized spacial score (nSPS) is 12.9. The fraction of sp³-hybridized carbons (Fsp3) is 0.667. The van der Waals surface area contributed by atoms with Crippen molar-refractivity contribution in [3.63, 3.8) is 0 Å². The molecular weight excluding hydrogens is 130 g/mol. The number of hydrogen-bond acceptors (Lipinski definition) is 5. The van der Waals surface area contributed by atoms with Gasteiger partial charge in [0.2, 0.25) is 0 Å². The molecule has 5 heteroatoms. The third kappa shape index (κ3) is 2.15. The van der Waals surface area contributed by atoms with Crippen LogP contribution in [0.2, 0.25) is 0 Å². The van der Waals surface area contributed by atoms with Gasteiger partial charge in [0.05, 0.1) is 6.61 Å². The first-order valence-electron chi connectivity index (χ1n) is 1.94. The molecule has 8 heavy (non-hydrogen) atoms. The fourth-order valence-electron chi connectivity index (χ4n) is 0.142. The predicted octanol–water partition coefficient (Wildman–Crippen LogP) is -1.31. The number of hydrogen-bond donors (Lipinski definition) is 3. The van der Waals surface area contributed by atoms with Crippen molar-refractivity contribution >= 4 is 18.9 Å². The van der Waals surface area contributed by atoms with E-state index in [-0.39, 0.29) is 0 Å². The molecule has 0 fully saturated rings. The van der Waals surface area contributed by atoms with Gasteiger partial charge in [0, 0.05) is 12.9 Å². The predicted molar refractivity (Wildman–Crippen MR) is 30.1 cm³/mol. The molecule has 0 aliphatic rings. The van der Waals surface area contributed by atoms with Gasteiger partial charge in [-0.1, -0.05) is 0 Å². The van der Waals surface area contributed by atoms with Gasteiger partial charge in [-0.2, -0.15) is 0 Å². The Bertz CT molecular complexity index is 86.6. The van der Waals surface area contributed by atoms with Crippen LogP contribution >= 0.6 is 12.9 Å². The second kappa shape index (κ2) is 3.71. The summed E-state index contributed by atoms with van der Waals surface area (Å²) in [4.78, 5) is 10.2. The SMILES string of the molecule is N[C@@H](CO)C(=O)OS. The number of aliphatic hydroxyl groups excluding tert-OH is 1. The highest BCUT2D eigenvalue weighted by atomic mass is 32.1. The molecule has 48 valence electrons. The zero-order valence-electron chi connectivity index (χ0n) is 4.07. The van der Waals surface area contributed by atoms with Gasteiger partial charge >= 0.3 is 5.97 Å². The summed E-state index contributed by atoms with van der Waals surface area (Å²) >= 11 is 3.17. The molecule has 1 atom stereocenters. The Morgan fingerprint density at radius 2 is 2.50 bits per heavy atom. The fourth-order valence-corrected chi connectivity index (χ4v) is 0.278. The van der Waals surface area contributed by atoms with Crippen LogP contribution in [0.3, 0.4) is 0 Å². The van der Waals surface area contributed by atoms with E-state index in [1.807, 2.05) is 0 Å². The van der Waals surface area contributed by atoms with Gasteiger partial charge in [-0.25, -0.2) is 4.79 Å². The maximum absolute atomic E-state index is 10.2. The van der Waals surface area contributed by atoms with E-state index in [1.165, 1.54) is 0 Å². The van der Waals surface area contributed by atoms with Crippen LogP contribution in [0.1, 0.15) is 0 Å². The number of carbonyl (C=O) groups is 1. The summed E-state index contributed by atoms with van der Waals surface area (Å²) in [7, 11) is 0. The zero-order valence-corrected chi connectivity index (χ0v) is 4.97. The van der Waals surface area contributed by atoms with Crippen molar-refractivity contribution in [1.82, 2.24) is 0 Å². The first kappa shape index (κ1) is 7.74. The van der Waals surface area contributed by atoms with Crippen molar-refractivity contribution < 1.29 is 14.1 Å². The lowest BCUT2D eigenvalue weighted by Crippen LogP contribution is -2.33. The van der Waals surface area contributed by atoms with Gasteiger partial charge in [-0.15, -0.1) is 0 Å². The number of nitrogens with two attached hydrogens (primary N) is 1. The molecule has 0 unspecified atom stereocenters. The van der Waals surface area contributed by atoms with E-state index >= 15 is 0 Å². The zero-order chi connectivity index (χ0) is 6.57. The van der Waals surface area contributed by atoms with Gasteiger partial charge in [-0.05, 0) is 0 Å². The minimum absolute atomic E-state index is 0.417. The molecule has 3 N–H and O–H groups in total. The summed E-state index contributed by atoms with van der Waals surface area (Å²) in [6.07, 6.45) is 0. The van der Waals surface area contributed by atoms with Gasteiger partial charge in [0.25, 0.3) is 0 Å². The average Bonchev–Trinajstić information content (AvgIpc) is 1.84. The van der Waals surface area contributed by atoms with Gasteiger partial charge in [-0.3, -0.25) is 0 Å². The van der Waals surface area contributed by atoms with Crippen molar-refractivity contribution in [2.45, 2.75) is 6.04 Å². The van der Waals surface area contributed by atoms with Crippen molar-refractivity contribution in [1.29, 1.82) is 0 Å². The summed E-state index contributed by atoms with van der Waals surface area (Å²) in [5.41, 5.74) is 4.95. The Morgan fingerprint density at radius 3 is 2.62 bits per heavy atom. The van der Waals surface area contributed by atoms with Gasteiger partial charge in [0.15, 0.2) is 0 Å². The van der Waals surface area contributed by atoms with E-state index in [0.717, 1.165) is 0 Å². The molecule has 0 aromatic carbocycles. The second-order valence-corrected chi connectivity index (χ2v) is 1.38. The first-order chi connectivity index (χ1) is 3.72. The highest BCUT2D eigenvalue weighted by molar-refractivity contribution is 7.75. The summed E-state index contributed by atoms with van der Waals surface area (Å²) < 4.78 is 3.87. The molecule has 0 spiro atoms. The average molecular weight is 137 g/mol. The van der Waals surface area contributed by atoms with E-state index < -0.39 is 18.6 Å². The third-order valence-corrected chi connectivity index (χ3v) is 0.769. The van der Waals surface area contributed by atoms with E-state index in [9.17, 15) is 4.79 Å². The van der Waals surface area contributed by atoms with Crippen LogP contribution < -0.4 is 5.73 Å². The molecule has 0 bridgehead atoms. The molecule has 4 nitrogen and oxygen atoms in total. The minimum Gasteiger partial charge on any atom is -0.394 e. The molecule has 0 heterocycles. The standard InChI is InChI=1S/C3H7NO3S/c4-2(1-5)3(6)7-8/h2,5,8H,1,4H2/t2-/m0/s1. The van der Waals surface area contributed by atoms with Crippen LogP contribution in [0.4, 0.5) is 0 Å². The maximum Gasteiger partial charge on any atom is 0.337 e. The quantitative estimate of drug-likeness (QED) is 0.326. The Morgan fingerprint density at radius 1 is 2.00 bits per heavy atom. The Balaban J connectivity index is 3.46. The minimum atomic E-state index is -0.965. The molecule has 0 rings (SSSR count). The topological polar surface area (TPSA) is 72.5 Å². The lowest BCUT2D eigenvalue weighted by atomic mass is 10.3. The van der Waals surface area contributed by atoms with Gasteiger partial charge < -0.3 is 15.0 Å². The number of aliphatic hydroxyl groups is 1. The van der Waals surface area contributed by atoms with Gasteiger partial charge in [0.1, 0.15) is 6.04 Å². The van der Waals surface area contributed by atoms with Crippen molar-refractivity contribution in [3.05, 3.63) is 0 Å². The van der Waals surface area contributed by atoms with E-state index in [2.05, 4.69) is 17.1 Å². The second-order valence-electron chi connectivity index (χ2n) is 1.20. The van der Waals surface area contributed by atoms with Crippen molar-refractivity contribution in [3.8, 4) is 0 Å². The largest absolute Gasteiger partial charge is 0.394 e. The summed E-state index contributed by atoms with van der Waals surface area (Å²) in [5, 5.41) is 8.18. The smallest absolute Gasteiger partial charge is 0.337 e. The summed E-state index contributed by atoms with van der Waals surface area (Å²) in [5.74, 6) is -0.726. The monoisotopic (exact) mass is 137 g/mol. The van der Waals surface area contributed by atoms with Crippen LogP contribution in [-0.4, -0.2) is 23.7 Å². The molecule has 0 radical (unpaired) electrons. The number of thiol groups is 1. The molecule has 0 saturated heterocycles. The summed E-state index contributed by atoms with van der Waals surface area (Å²) in [6, 6.07) is -0.965. The van der Waals surface area contributed by atoms with Crippen LogP contribution in [0.25, 0.3) is 0 Å². The van der Waals surface area contributed by atoms with Crippen LogP contribution in [0, 0.1) is 0 Å². The lowest BCUT2D eigenvalue weighted by Gasteiger charge is -2.01. The molecule has 0 aliphatic heterocycles. The van der Waals surface area contributed by atoms with Crippen LogP contribution in [0.5, 0.6) is 0 Å². The van der Waals surface area contributed by atoms with Crippen LogP contribution in [-0.2, 0) is 8.98 Å². The molecule has 0 saturated carbocycles. The highest BCUT2D eigenvalue weighted by Gasteiger charge is 2.10. The van der Waals surface area contributed by atoms with E-state index in [1.54, 1.807) is 0 Å².